The third-order valence-corrected chi connectivity index (χ3v) is 1.48. The lowest BCUT2D eigenvalue weighted by atomic mass is 10.3. The minimum absolute atomic E-state index is 0.0536. The van der Waals surface area contributed by atoms with Crippen molar-refractivity contribution in [2.45, 2.75) is 19.1 Å². The minimum atomic E-state index is -0.0536. The summed E-state index contributed by atoms with van der Waals surface area (Å²) in [5.41, 5.74) is 8.01. The van der Waals surface area contributed by atoms with Gasteiger partial charge in [0.2, 0.25) is 0 Å². The molecule has 5 heteroatoms. The fraction of sp³-hybridized carbons (Fsp3) is 1.00. The number of hydrogen-bond acceptors (Lipinski definition) is 3. The van der Waals surface area contributed by atoms with Crippen LogP contribution in [0.1, 0.15) is 6.92 Å². The molecule has 5 nitrogen and oxygen atoms in total. The number of nitrogens with zero attached hydrogens (tertiary/aromatic N) is 3. The lowest BCUT2D eigenvalue weighted by molar-refractivity contribution is -0.122. The molecule has 2 atom stereocenters. The van der Waals surface area contributed by atoms with Crippen LogP contribution in [-0.2, 0) is 9.47 Å². The Morgan fingerprint density at radius 1 is 1.55 bits per heavy atom. The molecule has 62 valence electrons. The van der Waals surface area contributed by atoms with Gasteiger partial charge < -0.3 is 9.47 Å². The van der Waals surface area contributed by atoms with Gasteiger partial charge in [-0.1, -0.05) is 5.11 Å². The van der Waals surface area contributed by atoms with Gasteiger partial charge in [0.15, 0.2) is 0 Å². The van der Waals surface area contributed by atoms with Crippen molar-refractivity contribution in [2.75, 3.05) is 19.8 Å². The van der Waals surface area contributed by atoms with Crippen LogP contribution in [0.4, 0.5) is 0 Å². The molecule has 1 saturated heterocycles. The van der Waals surface area contributed by atoms with E-state index in [1.54, 1.807) is 0 Å². The molecule has 1 aliphatic heterocycles. The Morgan fingerprint density at radius 2 is 2.36 bits per heavy atom. The maximum atomic E-state index is 8.01. The van der Waals surface area contributed by atoms with E-state index in [2.05, 4.69) is 10.0 Å². The van der Waals surface area contributed by atoms with Gasteiger partial charge in [-0.3, -0.25) is 0 Å². The molecule has 1 fully saturated rings. The predicted octanol–water partition coefficient (Wildman–Crippen LogP) is 1.10. The SMILES string of the molecule is C[C@@H]1CO[C@@H](CN=[N+]=[N-])CO1. The topological polar surface area (TPSA) is 67.2 Å². The van der Waals surface area contributed by atoms with Crippen LogP contribution < -0.4 is 0 Å². The Bertz CT molecular complexity index is 159. The van der Waals surface area contributed by atoms with E-state index in [4.69, 9.17) is 15.0 Å². The van der Waals surface area contributed by atoms with E-state index in [0.29, 0.717) is 19.8 Å². The summed E-state index contributed by atoms with van der Waals surface area (Å²) in [6, 6.07) is 0. The maximum absolute atomic E-state index is 8.01. The van der Waals surface area contributed by atoms with Gasteiger partial charge in [0, 0.05) is 4.91 Å². The van der Waals surface area contributed by atoms with E-state index >= 15 is 0 Å². The molecule has 0 N–H and O–H groups in total. The third kappa shape index (κ3) is 2.76. The van der Waals surface area contributed by atoms with Crippen LogP contribution in [0.15, 0.2) is 5.11 Å². The van der Waals surface area contributed by atoms with E-state index in [0.717, 1.165) is 0 Å². The Morgan fingerprint density at radius 3 is 2.91 bits per heavy atom. The fourth-order valence-electron chi connectivity index (χ4n) is 0.872. The number of rotatable bonds is 2. The highest BCUT2D eigenvalue weighted by molar-refractivity contribution is 4.67. The molecule has 0 radical (unpaired) electrons. The largest absolute Gasteiger partial charge is 0.373 e. The summed E-state index contributed by atoms with van der Waals surface area (Å²) in [7, 11) is 0. The first-order valence-electron chi connectivity index (χ1n) is 3.57. The van der Waals surface area contributed by atoms with E-state index in [-0.39, 0.29) is 12.2 Å². The summed E-state index contributed by atoms with van der Waals surface area (Å²) < 4.78 is 10.6. The van der Waals surface area contributed by atoms with Gasteiger partial charge in [0.1, 0.15) is 0 Å². The molecule has 0 spiro atoms. The van der Waals surface area contributed by atoms with Gasteiger partial charge in [0.25, 0.3) is 0 Å². The molecular weight excluding hydrogens is 146 g/mol. The highest BCUT2D eigenvalue weighted by Crippen LogP contribution is 2.06. The van der Waals surface area contributed by atoms with E-state index in [9.17, 15) is 0 Å². The quantitative estimate of drug-likeness (QED) is 0.342. The van der Waals surface area contributed by atoms with E-state index in [1.807, 2.05) is 6.92 Å². The normalized spacial score (nSPS) is 31.0. The Balaban J connectivity index is 2.22. The average molecular weight is 157 g/mol. The summed E-state index contributed by atoms with van der Waals surface area (Å²) >= 11 is 0. The molecule has 0 unspecified atom stereocenters. The molecule has 1 rings (SSSR count). The molecule has 0 bridgehead atoms. The molecule has 1 aliphatic rings. The molecule has 1 heterocycles. The summed E-state index contributed by atoms with van der Waals surface area (Å²) in [4.78, 5) is 2.64. The average Bonchev–Trinajstić information content (AvgIpc) is 2.04. The second-order valence-corrected chi connectivity index (χ2v) is 2.51. The summed E-state index contributed by atoms with van der Waals surface area (Å²) in [6.45, 7) is 3.43. The van der Waals surface area contributed by atoms with Crippen molar-refractivity contribution in [3.05, 3.63) is 10.4 Å². The van der Waals surface area contributed by atoms with Gasteiger partial charge in [-0.05, 0) is 12.5 Å². The first-order chi connectivity index (χ1) is 5.33. The first-order valence-corrected chi connectivity index (χ1v) is 3.57. The first kappa shape index (κ1) is 8.33. The Kier molecular flexibility index (Phi) is 3.16. The van der Waals surface area contributed by atoms with Crippen LogP contribution in [-0.4, -0.2) is 32.0 Å². The van der Waals surface area contributed by atoms with Crippen molar-refractivity contribution in [3.8, 4) is 0 Å². The van der Waals surface area contributed by atoms with Crippen LogP contribution in [0.3, 0.4) is 0 Å². The summed E-state index contributed by atoms with van der Waals surface area (Å²) in [5, 5.41) is 3.40. The molecule has 0 aliphatic carbocycles. The zero-order chi connectivity index (χ0) is 8.10. The molecule has 0 aromatic heterocycles. The van der Waals surface area contributed by atoms with E-state index in [1.165, 1.54) is 0 Å². The van der Waals surface area contributed by atoms with Gasteiger partial charge >= 0.3 is 0 Å². The van der Waals surface area contributed by atoms with Crippen LogP contribution in [0.2, 0.25) is 0 Å². The van der Waals surface area contributed by atoms with Crippen LogP contribution >= 0.6 is 0 Å². The van der Waals surface area contributed by atoms with Gasteiger partial charge in [-0.2, -0.15) is 0 Å². The zero-order valence-corrected chi connectivity index (χ0v) is 6.43. The molecule has 11 heavy (non-hydrogen) atoms. The molecule has 0 saturated carbocycles. The summed E-state index contributed by atoms with van der Waals surface area (Å²) in [6.07, 6.45) is 0.111. The smallest absolute Gasteiger partial charge is 0.0866 e. The fourth-order valence-corrected chi connectivity index (χ4v) is 0.872. The zero-order valence-electron chi connectivity index (χ0n) is 6.43. The maximum Gasteiger partial charge on any atom is 0.0866 e. The predicted molar refractivity (Wildman–Crippen MR) is 39.2 cm³/mol. The molecular formula is C6H11N3O2. The summed E-state index contributed by atoms with van der Waals surface area (Å²) in [5.74, 6) is 0. The van der Waals surface area contributed by atoms with Crippen molar-refractivity contribution in [3.63, 3.8) is 0 Å². The van der Waals surface area contributed by atoms with E-state index < -0.39 is 0 Å². The van der Waals surface area contributed by atoms with Crippen LogP contribution in [0.25, 0.3) is 10.4 Å². The van der Waals surface area contributed by atoms with Crippen molar-refractivity contribution >= 4 is 0 Å². The lowest BCUT2D eigenvalue weighted by Crippen LogP contribution is -2.35. The number of azide groups is 1. The van der Waals surface area contributed by atoms with Crippen molar-refractivity contribution in [1.29, 1.82) is 0 Å². The molecule has 0 aromatic carbocycles. The Labute approximate surface area is 64.9 Å². The van der Waals surface area contributed by atoms with Gasteiger partial charge in [-0.25, -0.2) is 0 Å². The van der Waals surface area contributed by atoms with Gasteiger partial charge in [-0.15, -0.1) is 0 Å². The third-order valence-electron chi connectivity index (χ3n) is 1.48. The van der Waals surface area contributed by atoms with Crippen LogP contribution in [0.5, 0.6) is 0 Å². The molecule has 0 amide bonds. The standard InChI is InChI=1S/C6H11N3O2/c1-5-3-11-6(4-10-5)2-8-9-7/h5-6H,2-4H2,1H3/t5-,6+/m1/s1. The monoisotopic (exact) mass is 157 g/mol. The van der Waals surface area contributed by atoms with Crippen molar-refractivity contribution in [1.82, 2.24) is 0 Å². The second-order valence-electron chi connectivity index (χ2n) is 2.51. The highest BCUT2D eigenvalue weighted by atomic mass is 16.6. The van der Waals surface area contributed by atoms with Crippen LogP contribution in [0, 0.1) is 0 Å². The number of hydrogen-bond donors (Lipinski definition) is 0. The second kappa shape index (κ2) is 4.18. The highest BCUT2D eigenvalue weighted by Gasteiger charge is 2.17. The molecule has 0 aromatic rings. The van der Waals surface area contributed by atoms with Crippen molar-refractivity contribution < 1.29 is 9.47 Å². The van der Waals surface area contributed by atoms with Crippen molar-refractivity contribution in [2.24, 2.45) is 5.11 Å². The minimum Gasteiger partial charge on any atom is -0.373 e. The Hall–Kier alpha value is -0.770. The van der Waals surface area contributed by atoms with Gasteiger partial charge in [0.05, 0.1) is 32.0 Å². The lowest BCUT2D eigenvalue weighted by Gasteiger charge is -2.26. The number of ether oxygens (including phenoxy) is 2.